The lowest BCUT2D eigenvalue weighted by Crippen LogP contribution is -2.43. The monoisotopic (exact) mass is 403 g/mol. The maximum Gasteiger partial charge on any atom is 0.242 e. The summed E-state index contributed by atoms with van der Waals surface area (Å²) in [6, 6.07) is 9.79. The predicted molar refractivity (Wildman–Crippen MR) is 117 cm³/mol. The van der Waals surface area contributed by atoms with E-state index in [0.29, 0.717) is 18.8 Å². The van der Waals surface area contributed by atoms with E-state index < -0.39 is 6.04 Å². The highest BCUT2D eigenvalue weighted by molar-refractivity contribution is 5.88. The third kappa shape index (κ3) is 7.42. The fraction of sp³-hybridized carbons (Fsp3) is 0.545. The first-order valence-corrected chi connectivity index (χ1v) is 10.4. The molecule has 0 spiro atoms. The van der Waals surface area contributed by atoms with Gasteiger partial charge in [0, 0.05) is 9.27 Å². The lowest BCUT2D eigenvalue weighted by Gasteiger charge is -2.19. The molecule has 0 saturated heterocycles. The van der Waals surface area contributed by atoms with Crippen LogP contribution in [-0.2, 0) is 22.6 Å². The van der Waals surface area contributed by atoms with Crippen molar-refractivity contribution in [1.29, 1.82) is 0 Å². The number of hydrogen-bond donors (Lipinski definition) is 2. The normalized spacial score (nSPS) is 13.3. The molecular formula is C22H37N5O2. The summed E-state index contributed by atoms with van der Waals surface area (Å²) in [6.07, 6.45) is 3.64. The van der Waals surface area contributed by atoms with Crippen LogP contribution in [0.5, 0.6) is 0 Å². The molecule has 0 saturated carbocycles. The van der Waals surface area contributed by atoms with Crippen LogP contribution in [0.3, 0.4) is 0 Å². The number of amides is 1. The Kier molecular flexibility index (Phi) is 8.99. The topological polar surface area (TPSA) is 88.9 Å². The van der Waals surface area contributed by atoms with Gasteiger partial charge in [0.15, 0.2) is 5.78 Å². The highest BCUT2D eigenvalue weighted by Crippen LogP contribution is 2.16. The van der Waals surface area contributed by atoms with Crippen molar-refractivity contribution in [3.8, 4) is 0 Å². The van der Waals surface area contributed by atoms with E-state index in [1.807, 2.05) is 39.0 Å². The van der Waals surface area contributed by atoms with Gasteiger partial charge in [-0.25, -0.2) is 4.68 Å². The Balaban J connectivity index is 0.00000450. The van der Waals surface area contributed by atoms with Crippen LogP contribution in [0.2, 0.25) is 0 Å². The van der Waals surface area contributed by atoms with Crippen LogP contribution in [-0.4, -0.2) is 39.3 Å². The molecule has 1 heterocycles. The first-order chi connectivity index (χ1) is 13.9. The van der Waals surface area contributed by atoms with Gasteiger partial charge < -0.3 is 10.6 Å². The SMILES string of the molecule is CCN[C@@H](Cc1ccccc1)c1cn(CC(=O)N[C@@H](CC(C)C)C(=O)CC)nn1.[HH].[HH]. The third-order valence-corrected chi connectivity index (χ3v) is 4.73. The summed E-state index contributed by atoms with van der Waals surface area (Å²) in [5.74, 6) is 0.158. The van der Waals surface area contributed by atoms with Crippen molar-refractivity contribution in [1.82, 2.24) is 25.6 Å². The van der Waals surface area contributed by atoms with Crippen molar-refractivity contribution in [3.63, 3.8) is 0 Å². The van der Waals surface area contributed by atoms with Gasteiger partial charge in [-0.1, -0.05) is 63.2 Å². The average molecular weight is 404 g/mol. The maximum absolute atomic E-state index is 12.5. The first kappa shape index (κ1) is 22.7. The number of aromatic nitrogens is 3. The zero-order valence-corrected chi connectivity index (χ0v) is 17.9. The molecule has 0 aliphatic carbocycles. The fourth-order valence-corrected chi connectivity index (χ4v) is 3.30. The van der Waals surface area contributed by atoms with Gasteiger partial charge in [-0.15, -0.1) is 5.10 Å². The number of Topliss-reactive ketones (excluding diaryl/α,β-unsaturated/α-hetero) is 1. The molecular weight excluding hydrogens is 366 g/mol. The third-order valence-electron chi connectivity index (χ3n) is 4.73. The molecule has 1 amide bonds. The van der Waals surface area contributed by atoms with Gasteiger partial charge in [0.1, 0.15) is 6.54 Å². The molecule has 1 aromatic carbocycles. The van der Waals surface area contributed by atoms with E-state index in [1.165, 1.54) is 10.2 Å². The lowest BCUT2D eigenvalue weighted by atomic mass is 9.99. The van der Waals surface area contributed by atoms with Crippen LogP contribution >= 0.6 is 0 Å². The van der Waals surface area contributed by atoms with Crippen LogP contribution < -0.4 is 10.6 Å². The van der Waals surface area contributed by atoms with Gasteiger partial charge in [0.05, 0.1) is 24.0 Å². The number of nitrogens with one attached hydrogen (secondary N) is 2. The smallest absolute Gasteiger partial charge is 0.242 e. The first-order valence-electron chi connectivity index (χ1n) is 10.4. The molecule has 0 radical (unpaired) electrons. The Hall–Kier alpha value is -2.54. The van der Waals surface area contributed by atoms with Gasteiger partial charge in [0.25, 0.3) is 0 Å². The molecule has 29 heavy (non-hydrogen) atoms. The van der Waals surface area contributed by atoms with Crippen LogP contribution in [0.1, 0.15) is 60.7 Å². The Morgan fingerprint density at radius 1 is 1.17 bits per heavy atom. The molecule has 2 atom stereocenters. The summed E-state index contributed by atoms with van der Waals surface area (Å²) in [5, 5.41) is 14.7. The molecule has 7 heteroatoms. The summed E-state index contributed by atoms with van der Waals surface area (Å²) >= 11 is 0. The number of carbonyl (C=O) groups is 2. The Labute approximate surface area is 176 Å². The number of ketones is 1. The molecule has 162 valence electrons. The summed E-state index contributed by atoms with van der Waals surface area (Å²) in [6.45, 7) is 8.80. The van der Waals surface area contributed by atoms with Crippen molar-refractivity contribution in [3.05, 3.63) is 47.8 Å². The lowest BCUT2D eigenvalue weighted by molar-refractivity contribution is -0.128. The second kappa shape index (κ2) is 11.5. The van der Waals surface area contributed by atoms with Gasteiger partial charge in [-0.05, 0) is 30.9 Å². The van der Waals surface area contributed by atoms with E-state index in [9.17, 15) is 9.59 Å². The van der Waals surface area contributed by atoms with E-state index in [0.717, 1.165) is 18.7 Å². The number of nitrogens with zero attached hydrogens (tertiary/aromatic N) is 3. The van der Waals surface area contributed by atoms with Crippen molar-refractivity contribution in [2.24, 2.45) is 5.92 Å². The minimum Gasteiger partial charge on any atom is -0.345 e. The second-order valence-corrected chi connectivity index (χ2v) is 7.71. The quantitative estimate of drug-likeness (QED) is 0.568. The van der Waals surface area contributed by atoms with Crippen LogP contribution in [0.15, 0.2) is 36.5 Å². The van der Waals surface area contributed by atoms with E-state index in [1.54, 1.807) is 6.20 Å². The molecule has 0 unspecified atom stereocenters. The Morgan fingerprint density at radius 3 is 2.52 bits per heavy atom. The molecule has 2 aromatic rings. The molecule has 7 nitrogen and oxygen atoms in total. The van der Waals surface area contributed by atoms with Crippen LogP contribution in [0, 0.1) is 5.92 Å². The summed E-state index contributed by atoms with van der Waals surface area (Å²) in [7, 11) is 0. The van der Waals surface area contributed by atoms with Crippen molar-refractivity contribution in [2.45, 2.75) is 65.6 Å². The number of carbonyl (C=O) groups excluding carboxylic acids is 2. The Bertz CT molecular complexity index is 783. The molecule has 0 bridgehead atoms. The van der Waals surface area contributed by atoms with Crippen molar-refractivity contribution >= 4 is 11.7 Å². The number of benzene rings is 1. The van der Waals surface area contributed by atoms with Crippen molar-refractivity contribution < 1.29 is 12.4 Å². The zero-order chi connectivity index (χ0) is 21.2. The number of likely N-dealkylation sites (N-methyl/N-ethyl adjacent to an activating group) is 1. The molecule has 2 rings (SSSR count). The summed E-state index contributed by atoms with van der Waals surface area (Å²) in [4.78, 5) is 24.6. The average Bonchev–Trinajstić information content (AvgIpc) is 3.15. The number of hydrogen-bond acceptors (Lipinski definition) is 5. The standard InChI is InChI=1S/C22H33N5O2.2H2/c1-5-21(28)19(12-16(3)4)24-22(29)15-27-14-20(25-26-27)18(23-6-2)13-17-10-8-7-9-11-17;;/h7-11,14,16,18-19,23H,5-6,12-13,15H2,1-4H3,(H,24,29);2*1H/t18-,19-;;/m0../s1. The van der Waals surface area contributed by atoms with E-state index in [-0.39, 0.29) is 27.1 Å². The van der Waals surface area contributed by atoms with E-state index >= 15 is 0 Å². The fourth-order valence-electron chi connectivity index (χ4n) is 3.30. The van der Waals surface area contributed by atoms with Gasteiger partial charge in [-0.2, -0.15) is 0 Å². The van der Waals surface area contributed by atoms with Crippen molar-refractivity contribution in [2.75, 3.05) is 6.54 Å². The molecule has 1 aromatic heterocycles. The largest absolute Gasteiger partial charge is 0.345 e. The van der Waals surface area contributed by atoms with E-state index in [4.69, 9.17) is 0 Å². The minimum absolute atomic E-state index is 0. The number of rotatable bonds is 12. The maximum atomic E-state index is 12.5. The minimum atomic E-state index is -0.442. The predicted octanol–water partition coefficient (Wildman–Crippen LogP) is 3.17. The summed E-state index contributed by atoms with van der Waals surface area (Å²) < 4.78 is 1.53. The molecule has 2 N–H and O–H groups in total. The second-order valence-electron chi connectivity index (χ2n) is 7.71. The highest BCUT2D eigenvalue weighted by atomic mass is 16.2. The summed E-state index contributed by atoms with van der Waals surface area (Å²) in [5.41, 5.74) is 2.01. The van der Waals surface area contributed by atoms with Gasteiger partial charge in [0.2, 0.25) is 5.91 Å². The highest BCUT2D eigenvalue weighted by Gasteiger charge is 2.21. The zero-order valence-electron chi connectivity index (χ0n) is 17.9. The van der Waals surface area contributed by atoms with E-state index in [2.05, 4.69) is 40.0 Å². The molecule has 0 fully saturated rings. The van der Waals surface area contributed by atoms with Gasteiger partial charge >= 0.3 is 0 Å². The molecule has 0 aliphatic heterocycles. The van der Waals surface area contributed by atoms with Crippen LogP contribution in [0.4, 0.5) is 0 Å². The Morgan fingerprint density at radius 2 is 1.90 bits per heavy atom. The van der Waals surface area contributed by atoms with Crippen LogP contribution in [0.25, 0.3) is 0 Å². The molecule has 0 aliphatic rings. The van der Waals surface area contributed by atoms with Gasteiger partial charge in [-0.3, -0.25) is 9.59 Å².